The van der Waals surface area contributed by atoms with E-state index in [0.717, 1.165) is 39.8 Å². The summed E-state index contributed by atoms with van der Waals surface area (Å²) in [4.78, 5) is 7.89. The summed E-state index contributed by atoms with van der Waals surface area (Å²) in [6, 6.07) is 20.7. The third-order valence-corrected chi connectivity index (χ3v) is 5.63. The van der Waals surface area contributed by atoms with Gasteiger partial charge in [0.15, 0.2) is 5.88 Å². The molecule has 4 aromatic rings. The number of aromatic amines is 1. The molecule has 0 aliphatic carbocycles. The van der Waals surface area contributed by atoms with Crippen LogP contribution in [0.1, 0.15) is 29.2 Å². The molecule has 0 aliphatic rings. The smallest absolute Gasteiger partial charge is 0.198 e. The number of hydrogen-bond acceptors (Lipinski definition) is 4. The lowest BCUT2D eigenvalue weighted by Crippen LogP contribution is -2.03. The first-order valence-corrected chi connectivity index (χ1v) is 11.6. The van der Waals surface area contributed by atoms with E-state index in [-0.39, 0.29) is 5.88 Å². The molecule has 3 aromatic carbocycles. The van der Waals surface area contributed by atoms with Gasteiger partial charge in [-0.05, 0) is 92.1 Å². The normalized spacial score (nSPS) is 11.4. The molecular formula is C27H31N3OS. The first-order valence-electron chi connectivity index (χ1n) is 10.7. The molecule has 0 amide bonds. The molecule has 0 spiro atoms. The van der Waals surface area contributed by atoms with Crippen LogP contribution in [0.3, 0.4) is 0 Å². The Bertz CT molecular complexity index is 1260. The third kappa shape index (κ3) is 4.90. The molecule has 1 aromatic heterocycles. The molecule has 1 heterocycles. The van der Waals surface area contributed by atoms with Crippen molar-refractivity contribution in [1.29, 1.82) is 0 Å². The van der Waals surface area contributed by atoms with Gasteiger partial charge in [-0.15, -0.1) is 0 Å². The van der Waals surface area contributed by atoms with E-state index in [2.05, 4.69) is 67.9 Å². The van der Waals surface area contributed by atoms with Gasteiger partial charge in [-0.1, -0.05) is 36.4 Å². The molecule has 4 N–H and O–H groups in total. The molecule has 0 saturated heterocycles. The van der Waals surface area contributed by atoms with E-state index >= 15 is 0 Å². The lowest BCUT2D eigenvalue weighted by atomic mass is 9.98. The maximum absolute atomic E-state index is 10.6. The second-order valence-electron chi connectivity index (χ2n) is 7.77. The molecule has 4 nitrogen and oxygen atoms in total. The van der Waals surface area contributed by atoms with Gasteiger partial charge in [0.05, 0.1) is 17.0 Å². The third-order valence-electron chi connectivity index (χ3n) is 5.63. The average molecular weight is 446 g/mol. The number of aliphatic imine (C=N–C) groups is 1. The number of aromatic hydroxyl groups is 1. The Labute approximate surface area is 195 Å². The minimum absolute atomic E-state index is 0.143. The highest BCUT2D eigenvalue weighted by Crippen LogP contribution is 2.33. The van der Waals surface area contributed by atoms with E-state index < -0.39 is 0 Å². The largest absolute Gasteiger partial charge is 0.494 e. The van der Waals surface area contributed by atoms with Gasteiger partial charge in [0.25, 0.3) is 0 Å². The van der Waals surface area contributed by atoms with E-state index in [1.165, 1.54) is 22.3 Å². The van der Waals surface area contributed by atoms with Crippen molar-refractivity contribution >= 4 is 34.9 Å². The Morgan fingerprint density at radius 1 is 1.00 bits per heavy atom. The molecule has 32 heavy (non-hydrogen) atoms. The molecule has 4 rings (SSSR count). The summed E-state index contributed by atoms with van der Waals surface area (Å²) < 4.78 is 0. The van der Waals surface area contributed by atoms with Crippen LogP contribution in [0.4, 0.5) is 5.69 Å². The van der Waals surface area contributed by atoms with Crippen molar-refractivity contribution in [3.63, 3.8) is 0 Å². The summed E-state index contributed by atoms with van der Waals surface area (Å²) >= 11 is 3.53. The topological polar surface area (TPSA) is 74.4 Å². The molecule has 0 bridgehead atoms. The van der Waals surface area contributed by atoms with Gasteiger partial charge in [-0.25, -0.2) is 0 Å². The van der Waals surface area contributed by atoms with Crippen LogP contribution in [-0.2, 0) is 6.42 Å². The molecule has 0 atom stereocenters. The van der Waals surface area contributed by atoms with Gasteiger partial charge in [0, 0.05) is 10.9 Å². The number of nitrogens with one attached hydrogen (secondary N) is 1. The standard InChI is InChI=1S/C26H27N3O.CH4S/c1-16-6-4-5-7-22(16)20-9-11-24-23(15-20)25(26(30)29-24)18(3)28-21-10-8-19(12-13-27)17(2)14-21;1-2/h4-11,14-15,29-30H,12-13,27H2,1-3H3;2H,1H3. The number of rotatable bonds is 5. The Hall–Kier alpha value is -3.02. The zero-order chi connectivity index (χ0) is 23.3. The molecular weight excluding hydrogens is 414 g/mol. The predicted octanol–water partition coefficient (Wildman–Crippen LogP) is 6.35. The van der Waals surface area contributed by atoms with Crippen molar-refractivity contribution in [3.8, 4) is 17.0 Å². The van der Waals surface area contributed by atoms with Crippen LogP contribution in [0.15, 0.2) is 65.7 Å². The first kappa shape index (κ1) is 23.6. The average Bonchev–Trinajstić information content (AvgIpc) is 3.12. The van der Waals surface area contributed by atoms with Gasteiger partial charge < -0.3 is 15.8 Å². The van der Waals surface area contributed by atoms with Gasteiger partial charge >= 0.3 is 0 Å². The first-order chi connectivity index (χ1) is 15.5. The maximum Gasteiger partial charge on any atom is 0.198 e. The van der Waals surface area contributed by atoms with Gasteiger partial charge in [-0.2, -0.15) is 12.6 Å². The number of thiol groups is 1. The highest BCUT2D eigenvalue weighted by Gasteiger charge is 2.15. The minimum Gasteiger partial charge on any atom is -0.494 e. The van der Waals surface area contributed by atoms with Crippen molar-refractivity contribution in [2.24, 2.45) is 10.7 Å². The van der Waals surface area contributed by atoms with E-state index in [1.54, 1.807) is 6.26 Å². The van der Waals surface area contributed by atoms with Crippen molar-refractivity contribution in [2.75, 3.05) is 12.8 Å². The zero-order valence-corrected chi connectivity index (χ0v) is 20.0. The Morgan fingerprint density at radius 2 is 1.75 bits per heavy atom. The highest BCUT2D eigenvalue weighted by molar-refractivity contribution is 7.79. The molecule has 0 aliphatic heterocycles. The quantitative estimate of drug-likeness (QED) is 0.214. The van der Waals surface area contributed by atoms with Gasteiger partial charge in [0.2, 0.25) is 0 Å². The number of aryl methyl sites for hydroxylation is 2. The number of H-pyrrole nitrogens is 1. The van der Waals surface area contributed by atoms with Crippen LogP contribution in [0.2, 0.25) is 0 Å². The fraction of sp³-hybridized carbons (Fsp3) is 0.222. The molecule has 0 radical (unpaired) electrons. The fourth-order valence-electron chi connectivity index (χ4n) is 4.04. The molecule has 0 saturated carbocycles. The lowest BCUT2D eigenvalue weighted by molar-refractivity contribution is 0.457. The molecule has 5 heteroatoms. The highest BCUT2D eigenvalue weighted by atomic mass is 32.1. The van der Waals surface area contributed by atoms with Gasteiger partial charge in [-0.3, -0.25) is 4.99 Å². The van der Waals surface area contributed by atoms with Crippen LogP contribution in [0, 0.1) is 13.8 Å². The van der Waals surface area contributed by atoms with Crippen LogP contribution >= 0.6 is 12.6 Å². The van der Waals surface area contributed by atoms with Crippen LogP contribution in [0.5, 0.6) is 5.88 Å². The SMILES string of the molecule is CC(=Nc1ccc(CCN)c(C)c1)c1c(O)[nH]c2ccc(-c3ccccc3C)cc12.CS. The van der Waals surface area contributed by atoms with Crippen molar-refractivity contribution in [3.05, 3.63) is 82.9 Å². The monoisotopic (exact) mass is 445 g/mol. The summed E-state index contributed by atoms with van der Waals surface area (Å²) in [6.45, 7) is 6.76. The Morgan fingerprint density at radius 3 is 2.44 bits per heavy atom. The van der Waals surface area contributed by atoms with E-state index in [0.29, 0.717) is 6.54 Å². The summed E-state index contributed by atoms with van der Waals surface area (Å²) in [5, 5.41) is 11.6. The number of nitrogens with two attached hydrogens (primary N) is 1. The number of aromatic nitrogens is 1. The Kier molecular flexibility index (Phi) is 7.78. The van der Waals surface area contributed by atoms with E-state index in [9.17, 15) is 5.11 Å². The molecule has 0 fully saturated rings. The molecule has 166 valence electrons. The summed E-state index contributed by atoms with van der Waals surface area (Å²) in [6.07, 6.45) is 2.56. The van der Waals surface area contributed by atoms with Crippen LogP contribution in [-0.4, -0.2) is 28.6 Å². The number of benzene rings is 3. The Balaban J connectivity index is 0.00000141. The number of fused-ring (bicyclic) bond motifs is 1. The summed E-state index contributed by atoms with van der Waals surface area (Å²) in [5.41, 5.74) is 14.9. The van der Waals surface area contributed by atoms with Gasteiger partial charge in [0.1, 0.15) is 0 Å². The molecule has 0 unspecified atom stereocenters. The lowest BCUT2D eigenvalue weighted by Gasteiger charge is -2.08. The van der Waals surface area contributed by atoms with E-state index in [1.807, 2.05) is 31.2 Å². The minimum atomic E-state index is 0.143. The summed E-state index contributed by atoms with van der Waals surface area (Å²) in [5.74, 6) is 0.143. The number of nitrogens with zero attached hydrogens (tertiary/aromatic N) is 1. The fourth-order valence-corrected chi connectivity index (χ4v) is 4.04. The van der Waals surface area contributed by atoms with E-state index in [4.69, 9.17) is 10.7 Å². The van der Waals surface area contributed by atoms with Crippen molar-refractivity contribution < 1.29 is 5.11 Å². The summed E-state index contributed by atoms with van der Waals surface area (Å²) in [7, 11) is 0. The van der Waals surface area contributed by atoms with Crippen LogP contribution in [0.25, 0.3) is 22.0 Å². The van der Waals surface area contributed by atoms with Crippen molar-refractivity contribution in [1.82, 2.24) is 4.98 Å². The second kappa shape index (κ2) is 10.5. The van der Waals surface area contributed by atoms with Crippen LogP contribution < -0.4 is 5.73 Å². The number of hydrogen-bond donors (Lipinski definition) is 4. The van der Waals surface area contributed by atoms with Crippen molar-refractivity contribution in [2.45, 2.75) is 27.2 Å². The zero-order valence-electron chi connectivity index (χ0n) is 19.1. The maximum atomic E-state index is 10.6. The predicted molar refractivity (Wildman–Crippen MR) is 141 cm³/mol. The second-order valence-corrected chi connectivity index (χ2v) is 7.77.